The third-order valence-corrected chi connectivity index (χ3v) is 5.83. The number of aryl methyl sites for hydroxylation is 1. The molecule has 33 heavy (non-hydrogen) atoms. The molecule has 0 saturated heterocycles. The van der Waals surface area contributed by atoms with E-state index < -0.39 is 11.8 Å². The summed E-state index contributed by atoms with van der Waals surface area (Å²) in [7, 11) is 3.26. The number of methoxy groups -OCH3 is 2. The summed E-state index contributed by atoms with van der Waals surface area (Å²) in [6.45, 7) is 4.99. The SMILES string of the molecule is CCCCC(OC)(OC)c1nc(Cc2ccc(-c3ccccc3C(=O)O)cc2)n(CCC)n1. The van der Waals surface area contributed by atoms with Crippen LogP contribution < -0.4 is 0 Å². The van der Waals surface area contributed by atoms with Crippen LogP contribution in [-0.4, -0.2) is 40.1 Å². The lowest BCUT2D eigenvalue weighted by molar-refractivity contribution is -0.226. The Morgan fingerprint density at radius 2 is 1.73 bits per heavy atom. The summed E-state index contributed by atoms with van der Waals surface area (Å²) < 4.78 is 13.4. The highest BCUT2D eigenvalue weighted by molar-refractivity contribution is 5.95. The van der Waals surface area contributed by atoms with E-state index in [2.05, 4.69) is 13.8 Å². The zero-order chi connectivity index (χ0) is 23.8. The summed E-state index contributed by atoms with van der Waals surface area (Å²) >= 11 is 0. The fourth-order valence-corrected chi connectivity index (χ4v) is 3.95. The predicted molar refractivity (Wildman–Crippen MR) is 127 cm³/mol. The molecule has 0 bridgehead atoms. The van der Waals surface area contributed by atoms with Gasteiger partial charge in [-0.1, -0.05) is 62.7 Å². The van der Waals surface area contributed by atoms with Crippen LogP contribution in [0.4, 0.5) is 0 Å². The molecule has 0 fully saturated rings. The number of carboxylic acid groups (broad SMARTS) is 1. The summed E-state index contributed by atoms with van der Waals surface area (Å²) in [5, 5.41) is 14.2. The molecule has 0 aliphatic rings. The molecule has 0 amide bonds. The molecule has 1 aromatic heterocycles. The van der Waals surface area contributed by atoms with Crippen molar-refractivity contribution in [2.45, 2.75) is 58.3 Å². The minimum Gasteiger partial charge on any atom is -0.478 e. The lowest BCUT2D eigenvalue weighted by Crippen LogP contribution is -2.32. The van der Waals surface area contributed by atoms with E-state index in [0.29, 0.717) is 29.8 Å². The van der Waals surface area contributed by atoms with Crippen LogP contribution in [0.15, 0.2) is 48.5 Å². The molecule has 7 nitrogen and oxygen atoms in total. The summed E-state index contributed by atoms with van der Waals surface area (Å²) in [4.78, 5) is 16.4. The summed E-state index contributed by atoms with van der Waals surface area (Å²) in [6, 6.07) is 15.0. The van der Waals surface area contributed by atoms with Gasteiger partial charge in [-0.05, 0) is 35.6 Å². The molecule has 0 saturated carbocycles. The topological polar surface area (TPSA) is 86.5 Å². The van der Waals surface area contributed by atoms with Gasteiger partial charge in [0.25, 0.3) is 0 Å². The number of unbranched alkanes of at least 4 members (excludes halogenated alkanes) is 1. The highest BCUT2D eigenvalue weighted by Gasteiger charge is 2.37. The normalized spacial score (nSPS) is 11.6. The average molecular weight is 452 g/mol. The third kappa shape index (κ3) is 5.49. The molecule has 0 atom stereocenters. The fourth-order valence-electron chi connectivity index (χ4n) is 3.95. The number of carbonyl (C=O) groups is 1. The number of hydrogen-bond donors (Lipinski definition) is 1. The summed E-state index contributed by atoms with van der Waals surface area (Å²) in [6.07, 6.45) is 4.19. The molecule has 0 radical (unpaired) electrons. The number of rotatable bonds is 12. The first-order valence-electron chi connectivity index (χ1n) is 11.4. The lowest BCUT2D eigenvalue weighted by Gasteiger charge is -2.27. The first-order chi connectivity index (χ1) is 16.0. The van der Waals surface area contributed by atoms with E-state index in [0.717, 1.165) is 42.8 Å². The number of nitrogens with zero attached hydrogens (tertiary/aromatic N) is 3. The van der Waals surface area contributed by atoms with Crippen molar-refractivity contribution in [2.75, 3.05) is 14.2 Å². The van der Waals surface area contributed by atoms with Crippen LogP contribution in [0.2, 0.25) is 0 Å². The molecular weight excluding hydrogens is 418 g/mol. The van der Waals surface area contributed by atoms with Gasteiger partial charge in [0.2, 0.25) is 11.6 Å². The quantitative estimate of drug-likeness (QED) is 0.377. The minimum atomic E-state index is -0.950. The molecular formula is C26H33N3O4. The van der Waals surface area contributed by atoms with Gasteiger partial charge in [-0.3, -0.25) is 0 Å². The Morgan fingerprint density at radius 3 is 2.33 bits per heavy atom. The molecule has 1 N–H and O–H groups in total. The maximum atomic E-state index is 11.6. The highest BCUT2D eigenvalue weighted by atomic mass is 16.7. The van der Waals surface area contributed by atoms with Gasteiger partial charge in [0.1, 0.15) is 5.82 Å². The maximum absolute atomic E-state index is 11.6. The molecule has 3 aromatic rings. The molecule has 176 valence electrons. The van der Waals surface area contributed by atoms with Crippen LogP contribution >= 0.6 is 0 Å². The van der Waals surface area contributed by atoms with E-state index in [9.17, 15) is 9.90 Å². The van der Waals surface area contributed by atoms with E-state index in [1.165, 1.54) is 0 Å². The first kappa shape index (κ1) is 24.6. The second kappa shape index (κ2) is 11.2. The van der Waals surface area contributed by atoms with Crippen molar-refractivity contribution < 1.29 is 19.4 Å². The van der Waals surface area contributed by atoms with E-state index in [1.807, 2.05) is 41.1 Å². The summed E-state index contributed by atoms with van der Waals surface area (Å²) in [5.41, 5.74) is 2.93. The lowest BCUT2D eigenvalue weighted by atomic mass is 9.98. The van der Waals surface area contributed by atoms with Gasteiger partial charge in [-0.2, -0.15) is 5.10 Å². The molecule has 0 aliphatic carbocycles. The van der Waals surface area contributed by atoms with Crippen molar-refractivity contribution in [3.05, 3.63) is 71.3 Å². The van der Waals surface area contributed by atoms with Crippen molar-refractivity contribution in [2.24, 2.45) is 0 Å². The van der Waals surface area contributed by atoms with Gasteiger partial charge < -0.3 is 14.6 Å². The molecule has 0 aliphatic heterocycles. The van der Waals surface area contributed by atoms with Gasteiger partial charge in [0.15, 0.2) is 0 Å². The largest absolute Gasteiger partial charge is 0.478 e. The van der Waals surface area contributed by atoms with Gasteiger partial charge in [0, 0.05) is 33.6 Å². The van der Waals surface area contributed by atoms with Crippen LogP contribution in [0.1, 0.15) is 67.1 Å². The van der Waals surface area contributed by atoms with Crippen molar-refractivity contribution in [3.63, 3.8) is 0 Å². The van der Waals surface area contributed by atoms with E-state index in [-0.39, 0.29) is 0 Å². The predicted octanol–water partition coefficient (Wildman–Crippen LogP) is 5.28. The standard InChI is InChI=1S/C26H33N3O4/c1-5-7-16-26(32-3,33-4)25-27-23(29(28-25)17-6-2)18-19-12-14-20(15-13-19)21-10-8-9-11-22(21)24(30)31/h8-15H,5-7,16-18H2,1-4H3,(H,30,31). The Balaban J connectivity index is 1.89. The maximum Gasteiger partial charge on any atom is 0.336 e. The van der Waals surface area contributed by atoms with Gasteiger partial charge in [-0.15, -0.1) is 0 Å². The van der Waals surface area contributed by atoms with E-state index in [1.54, 1.807) is 26.4 Å². The zero-order valence-corrected chi connectivity index (χ0v) is 19.9. The Morgan fingerprint density at radius 1 is 1.03 bits per heavy atom. The van der Waals surface area contributed by atoms with Crippen molar-refractivity contribution in [1.29, 1.82) is 0 Å². The molecule has 2 aromatic carbocycles. The zero-order valence-electron chi connectivity index (χ0n) is 19.9. The number of hydrogen-bond acceptors (Lipinski definition) is 5. The molecule has 7 heteroatoms. The van der Waals surface area contributed by atoms with Crippen LogP contribution in [0.25, 0.3) is 11.1 Å². The van der Waals surface area contributed by atoms with Crippen LogP contribution in [0, 0.1) is 0 Å². The van der Waals surface area contributed by atoms with Crippen molar-refractivity contribution >= 4 is 5.97 Å². The fraction of sp³-hybridized carbons (Fsp3) is 0.423. The second-order valence-electron chi connectivity index (χ2n) is 8.06. The Labute approximate surface area is 195 Å². The second-order valence-corrected chi connectivity index (χ2v) is 8.06. The highest BCUT2D eigenvalue weighted by Crippen LogP contribution is 2.30. The van der Waals surface area contributed by atoms with Crippen LogP contribution in [0.5, 0.6) is 0 Å². The summed E-state index contributed by atoms with van der Waals surface area (Å²) in [5.74, 6) is -0.483. The van der Waals surface area contributed by atoms with Crippen LogP contribution in [-0.2, 0) is 28.2 Å². The first-order valence-corrected chi connectivity index (χ1v) is 11.4. The third-order valence-electron chi connectivity index (χ3n) is 5.83. The van der Waals surface area contributed by atoms with Crippen molar-refractivity contribution in [3.8, 4) is 11.1 Å². The smallest absolute Gasteiger partial charge is 0.336 e. The number of aromatic nitrogens is 3. The van der Waals surface area contributed by atoms with Gasteiger partial charge in [0.05, 0.1) is 5.56 Å². The van der Waals surface area contributed by atoms with Crippen molar-refractivity contribution in [1.82, 2.24) is 14.8 Å². The minimum absolute atomic E-state index is 0.292. The number of carboxylic acids is 1. The molecule has 3 rings (SSSR count). The van der Waals surface area contributed by atoms with E-state index >= 15 is 0 Å². The number of benzene rings is 2. The van der Waals surface area contributed by atoms with Gasteiger partial charge >= 0.3 is 5.97 Å². The Hall–Kier alpha value is -3.03. The number of aromatic carboxylic acids is 1. The monoisotopic (exact) mass is 451 g/mol. The molecule has 0 spiro atoms. The molecule has 1 heterocycles. The number of ether oxygens (including phenoxy) is 2. The Bertz CT molecular complexity index is 1060. The van der Waals surface area contributed by atoms with Gasteiger partial charge in [-0.25, -0.2) is 14.5 Å². The van der Waals surface area contributed by atoms with E-state index in [4.69, 9.17) is 19.6 Å². The molecule has 0 unspecified atom stereocenters. The van der Waals surface area contributed by atoms with Crippen LogP contribution in [0.3, 0.4) is 0 Å². The average Bonchev–Trinajstić information content (AvgIpc) is 3.23. The Kier molecular flexibility index (Phi) is 8.36.